The van der Waals surface area contributed by atoms with E-state index in [0.29, 0.717) is 6.61 Å². The van der Waals surface area contributed by atoms with Gasteiger partial charge in [-0.1, -0.05) is 13.3 Å². The number of amides is 1. The maximum Gasteiger partial charge on any atom is 0.408 e. The van der Waals surface area contributed by atoms with Crippen LogP contribution in [0.1, 0.15) is 74.1 Å². The fourth-order valence-electron chi connectivity index (χ4n) is 1.74. The van der Waals surface area contributed by atoms with Crippen molar-refractivity contribution in [3.8, 4) is 0 Å². The van der Waals surface area contributed by atoms with Crippen molar-refractivity contribution in [2.24, 2.45) is 0 Å². The second-order valence-electron chi connectivity index (χ2n) is 7.84. The quantitative estimate of drug-likeness (QED) is 0.406. The molecule has 1 unspecified atom stereocenters. The van der Waals surface area contributed by atoms with Crippen LogP contribution in [0.5, 0.6) is 0 Å². The summed E-state index contributed by atoms with van der Waals surface area (Å²) >= 11 is 0. The molecular formula is C18H33NO6. The summed E-state index contributed by atoms with van der Waals surface area (Å²) in [6.45, 7) is 12.7. The lowest BCUT2D eigenvalue weighted by atomic mass is 10.1. The third-order valence-electron chi connectivity index (χ3n) is 2.78. The van der Waals surface area contributed by atoms with Gasteiger partial charge in [-0.15, -0.1) is 0 Å². The molecule has 146 valence electrons. The number of ether oxygens (including phenoxy) is 3. The van der Waals surface area contributed by atoms with Crippen LogP contribution in [0.4, 0.5) is 4.79 Å². The predicted molar refractivity (Wildman–Crippen MR) is 94.1 cm³/mol. The number of alkyl carbamates (subject to hydrolysis) is 1. The van der Waals surface area contributed by atoms with Crippen molar-refractivity contribution in [3.63, 3.8) is 0 Å². The number of hydrogen-bond donors (Lipinski definition) is 1. The number of carbonyl (C=O) groups is 3. The van der Waals surface area contributed by atoms with Crippen LogP contribution in [-0.2, 0) is 23.8 Å². The largest absolute Gasteiger partial charge is 0.466 e. The van der Waals surface area contributed by atoms with Crippen molar-refractivity contribution in [2.45, 2.75) is 91.4 Å². The minimum atomic E-state index is -0.979. The van der Waals surface area contributed by atoms with Crippen LogP contribution in [-0.4, -0.2) is 41.9 Å². The first-order chi connectivity index (χ1) is 11.3. The molecule has 0 aliphatic carbocycles. The Labute approximate surface area is 150 Å². The highest BCUT2D eigenvalue weighted by atomic mass is 16.6. The molecule has 0 heterocycles. The van der Waals surface area contributed by atoms with E-state index < -0.39 is 35.3 Å². The minimum Gasteiger partial charge on any atom is -0.466 e. The van der Waals surface area contributed by atoms with E-state index in [1.54, 1.807) is 41.5 Å². The van der Waals surface area contributed by atoms with Gasteiger partial charge in [0.2, 0.25) is 0 Å². The maximum absolute atomic E-state index is 12.3. The summed E-state index contributed by atoms with van der Waals surface area (Å²) in [4.78, 5) is 36.0. The molecule has 0 saturated carbocycles. The van der Waals surface area contributed by atoms with Crippen LogP contribution in [0.2, 0.25) is 0 Å². The van der Waals surface area contributed by atoms with Gasteiger partial charge in [-0.2, -0.15) is 0 Å². The first kappa shape index (κ1) is 23.2. The minimum absolute atomic E-state index is 0.00339. The summed E-state index contributed by atoms with van der Waals surface area (Å²) in [5.74, 6) is -1.02. The Bertz CT molecular complexity index is 447. The second-order valence-corrected chi connectivity index (χ2v) is 7.84. The maximum atomic E-state index is 12.3. The molecule has 0 aromatic carbocycles. The van der Waals surface area contributed by atoms with E-state index in [0.717, 1.165) is 12.8 Å². The van der Waals surface area contributed by atoms with Gasteiger partial charge < -0.3 is 19.5 Å². The Morgan fingerprint density at radius 1 is 0.960 bits per heavy atom. The van der Waals surface area contributed by atoms with Gasteiger partial charge >= 0.3 is 18.0 Å². The van der Waals surface area contributed by atoms with Crippen molar-refractivity contribution in [1.82, 2.24) is 5.32 Å². The Hall–Kier alpha value is -1.79. The number of esters is 2. The zero-order chi connectivity index (χ0) is 19.7. The van der Waals surface area contributed by atoms with E-state index >= 15 is 0 Å². The highest BCUT2D eigenvalue weighted by Crippen LogP contribution is 2.13. The van der Waals surface area contributed by atoms with Crippen LogP contribution in [0.25, 0.3) is 0 Å². The zero-order valence-electron chi connectivity index (χ0n) is 16.6. The normalized spacial score (nSPS) is 12.9. The molecule has 0 aromatic heterocycles. The van der Waals surface area contributed by atoms with Crippen LogP contribution in [0, 0.1) is 0 Å². The van der Waals surface area contributed by atoms with E-state index in [2.05, 4.69) is 5.32 Å². The van der Waals surface area contributed by atoms with E-state index in [1.165, 1.54) is 0 Å². The number of hydrogen-bond acceptors (Lipinski definition) is 6. The Kier molecular flexibility index (Phi) is 9.52. The summed E-state index contributed by atoms with van der Waals surface area (Å²) in [6, 6.07) is -0.979. The van der Waals surface area contributed by atoms with Gasteiger partial charge in [-0.3, -0.25) is 4.79 Å². The lowest BCUT2D eigenvalue weighted by Gasteiger charge is -2.26. The van der Waals surface area contributed by atoms with Crippen LogP contribution >= 0.6 is 0 Å². The van der Waals surface area contributed by atoms with Crippen molar-refractivity contribution in [3.05, 3.63) is 0 Å². The first-order valence-corrected chi connectivity index (χ1v) is 8.72. The van der Waals surface area contributed by atoms with E-state index in [1.807, 2.05) is 6.92 Å². The molecular weight excluding hydrogens is 326 g/mol. The van der Waals surface area contributed by atoms with Gasteiger partial charge in [-0.05, 0) is 54.4 Å². The fourth-order valence-corrected chi connectivity index (χ4v) is 1.74. The van der Waals surface area contributed by atoms with Crippen LogP contribution in [0.3, 0.4) is 0 Å². The third-order valence-corrected chi connectivity index (χ3v) is 2.78. The van der Waals surface area contributed by atoms with Crippen LogP contribution in [0.15, 0.2) is 0 Å². The van der Waals surface area contributed by atoms with Gasteiger partial charge in [0, 0.05) is 6.42 Å². The molecule has 0 aliphatic heterocycles. The topological polar surface area (TPSA) is 90.9 Å². The molecule has 0 aliphatic rings. The van der Waals surface area contributed by atoms with E-state index in [-0.39, 0.29) is 12.8 Å². The first-order valence-electron chi connectivity index (χ1n) is 8.72. The number of nitrogens with one attached hydrogen (secondary N) is 1. The Morgan fingerprint density at radius 3 is 2.00 bits per heavy atom. The van der Waals surface area contributed by atoms with E-state index in [4.69, 9.17) is 14.2 Å². The molecule has 0 fully saturated rings. The molecule has 0 rings (SSSR count). The van der Waals surface area contributed by atoms with Gasteiger partial charge in [-0.25, -0.2) is 9.59 Å². The van der Waals surface area contributed by atoms with Gasteiger partial charge in [0.05, 0.1) is 6.61 Å². The lowest BCUT2D eigenvalue weighted by Crippen LogP contribution is -2.46. The second kappa shape index (κ2) is 10.3. The summed E-state index contributed by atoms with van der Waals surface area (Å²) in [5.41, 5.74) is -1.39. The molecule has 0 saturated heterocycles. The lowest BCUT2D eigenvalue weighted by molar-refractivity contribution is -0.158. The van der Waals surface area contributed by atoms with Crippen molar-refractivity contribution < 1.29 is 28.6 Å². The average Bonchev–Trinajstić information content (AvgIpc) is 2.39. The Balaban J connectivity index is 4.75. The molecule has 1 atom stereocenters. The summed E-state index contributed by atoms with van der Waals surface area (Å²) in [7, 11) is 0. The molecule has 25 heavy (non-hydrogen) atoms. The van der Waals surface area contributed by atoms with Crippen LogP contribution < -0.4 is 5.32 Å². The zero-order valence-corrected chi connectivity index (χ0v) is 16.6. The van der Waals surface area contributed by atoms with Gasteiger partial charge in [0.1, 0.15) is 17.2 Å². The van der Waals surface area contributed by atoms with Gasteiger partial charge in [0.15, 0.2) is 0 Å². The molecule has 0 radical (unpaired) electrons. The summed E-state index contributed by atoms with van der Waals surface area (Å²) in [6.07, 6.45) is 1.07. The smallest absolute Gasteiger partial charge is 0.408 e. The third kappa shape index (κ3) is 13.2. The summed E-state index contributed by atoms with van der Waals surface area (Å²) in [5, 5.41) is 2.48. The number of carbonyl (C=O) groups excluding carboxylic acids is 3. The molecule has 0 bridgehead atoms. The van der Waals surface area contributed by atoms with Gasteiger partial charge in [0.25, 0.3) is 0 Å². The Morgan fingerprint density at radius 2 is 1.52 bits per heavy atom. The SMILES string of the molecule is CCCCOC(=O)CCC(NC(=O)OC(C)(C)C)C(=O)OC(C)(C)C. The highest BCUT2D eigenvalue weighted by Gasteiger charge is 2.29. The van der Waals surface area contributed by atoms with Crippen molar-refractivity contribution >= 4 is 18.0 Å². The van der Waals surface area contributed by atoms with Crippen molar-refractivity contribution in [1.29, 1.82) is 0 Å². The standard InChI is InChI=1S/C18H33NO6/c1-8-9-12-23-14(20)11-10-13(15(21)24-17(2,3)4)19-16(22)25-18(5,6)7/h13H,8-12H2,1-7H3,(H,19,22). The fraction of sp³-hybridized carbons (Fsp3) is 0.833. The van der Waals surface area contributed by atoms with E-state index in [9.17, 15) is 14.4 Å². The predicted octanol–water partition coefficient (Wildman–Crippen LogP) is 3.34. The monoisotopic (exact) mass is 359 g/mol. The van der Waals surface area contributed by atoms with Crippen molar-refractivity contribution in [2.75, 3.05) is 6.61 Å². The summed E-state index contributed by atoms with van der Waals surface area (Å²) < 4.78 is 15.5. The number of unbranched alkanes of at least 4 members (excludes halogenated alkanes) is 1. The highest BCUT2D eigenvalue weighted by molar-refractivity contribution is 5.82. The molecule has 7 heteroatoms. The average molecular weight is 359 g/mol. The molecule has 0 aromatic rings. The number of rotatable bonds is 8. The molecule has 1 amide bonds. The molecule has 1 N–H and O–H groups in total. The molecule has 0 spiro atoms. The molecule has 7 nitrogen and oxygen atoms in total.